The van der Waals surface area contributed by atoms with Gasteiger partial charge in [0.25, 0.3) is 5.91 Å². The Morgan fingerprint density at radius 2 is 1.73 bits per heavy atom. The van der Waals surface area contributed by atoms with Gasteiger partial charge in [-0.25, -0.2) is 8.78 Å². The molecule has 0 aliphatic carbocycles. The van der Waals surface area contributed by atoms with E-state index in [0.717, 1.165) is 24.3 Å². The van der Waals surface area contributed by atoms with Crippen LogP contribution in [0, 0.1) is 11.6 Å². The molecule has 1 unspecified atom stereocenters. The second-order valence-electron chi connectivity index (χ2n) is 5.11. The van der Waals surface area contributed by atoms with E-state index in [2.05, 4.69) is 5.32 Å². The zero-order valence-electron chi connectivity index (χ0n) is 11.3. The molecule has 0 radical (unpaired) electrons. The van der Waals surface area contributed by atoms with Crippen LogP contribution >= 0.6 is 0 Å². The third-order valence-corrected chi connectivity index (χ3v) is 3.63. The van der Waals surface area contributed by atoms with Gasteiger partial charge >= 0.3 is 0 Å². The molecule has 1 amide bonds. The SMILES string of the molecule is O=C(CC1(O)C(=O)Nc2ccc(F)cc21)c1ccc(F)cc1. The zero-order chi connectivity index (χ0) is 15.9. The quantitative estimate of drug-likeness (QED) is 0.856. The summed E-state index contributed by atoms with van der Waals surface area (Å²) in [7, 11) is 0. The lowest BCUT2D eigenvalue weighted by Gasteiger charge is -2.20. The topological polar surface area (TPSA) is 66.4 Å². The highest BCUT2D eigenvalue weighted by Gasteiger charge is 2.47. The van der Waals surface area contributed by atoms with Crippen LogP contribution in [-0.2, 0) is 10.4 Å². The van der Waals surface area contributed by atoms with Crippen molar-refractivity contribution in [3.63, 3.8) is 0 Å². The van der Waals surface area contributed by atoms with E-state index in [4.69, 9.17) is 0 Å². The first-order valence-electron chi connectivity index (χ1n) is 6.53. The summed E-state index contributed by atoms with van der Waals surface area (Å²) in [4.78, 5) is 24.2. The average molecular weight is 303 g/mol. The summed E-state index contributed by atoms with van der Waals surface area (Å²) in [5.41, 5.74) is -1.69. The maximum absolute atomic E-state index is 13.4. The minimum absolute atomic E-state index is 0.0213. The number of amides is 1. The maximum atomic E-state index is 13.4. The van der Waals surface area contributed by atoms with Crippen LogP contribution in [0.3, 0.4) is 0 Å². The van der Waals surface area contributed by atoms with Gasteiger partial charge in [0, 0.05) is 16.8 Å². The Morgan fingerprint density at radius 1 is 1.09 bits per heavy atom. The fourth-order valence-electron chi connectivity index (χ4n) is 2.46. The number of halogens is 2. The molecular formula is C16H11F2NO3. The maximum Gasteiger partial charge on any atom is 0.261 e. The molecule has 2 aromatic carbocycles. The van der Waals surface area contributed by atoms with Crippen LogP contribution in [0.15, 0.2) is 42.5 Å². The van der Waals surface area contributed by atoms with E-state index in [1.807, 2.05) is 0 Å². The van der Waals surface area contributed by atoms with E-state index >= 15 is 0 Å². The summed E-state index contributed by atoms with van der Waals surface area (Å²) >= 11 is 0. The third kappa shape index (κ3) is 2.27. The predicted molar refractivity (Wildman–Crippen MR) is 74.3 cm³/mol. The number of carbonyl (C=O) groups is 2. The van der Waals surface area contributed by atoms with E-state index in [1.54, 1.807) is 0 Å². The van der Waals surface area contributed by atoms with Crippen molar-refractivity contribution in [2.45, 2.75) is 12.0 Å². The number of hydrogen-bond donors (Lipinski definition) is 2. The van der Waals surface area contributed by atoms with Crippen LogP contribution in [0.1, 0.15) is 22.3 Å². The molecule has 22 heavy (non-hydrogen) atoms. The fraction of sp³-hybridized carbons (Fsp3) is 0.125. The molecular weight excluding hydrogens is 292 g/mol. The number of carbonyl (C=O) groups excluding carboxylic acids is 2. The standard InChI is InChI=1S/C16H11F2NO3/c17-10-3-1-9(2-4-10)14(20)8-16(22)12-7-11(18)5-6-13(12)19-15(16)21/h1-7,22H,8H2,(H,19,21). The van der Waals surface area contributed by atoms with Crippen molar-refractivity contribution in [1.82, 2.24) is 0 Å². The molecule has 0 spiro atoms. The number of benzene rings is 2. The van der Waals surface area contributed by atoms with E-state index in [-0.39, 0.29) is 16.8 Å². The lowest BCUT2D eigenvalue weighted by molar-refractivity contribution is -0.133. The highest BCUT2D eigenvalue weighted by atomic mass is 19.1. The summed E-state index contributed by atoms with van der Waals surface area (Å²) in [6, 6.07) is 8.24. The second kappa shape index (κ2) is 4.99. The Morgan fingerprint density at radius 3 is 2.41 bits per heavy atom. The van der Waals surface area contributed by atoms with Crippen molar-refractivity contribution in [2.75, 3.05) is 5.32 Å². The number of nitrogens with one attached hydrogen (secondary N) is 1. The summed E-state index contributed by atoms with van der Waals surface area (Å²) in [5, 5.41) is 13.0. The minimum atomic E-state index is -2.14. The molecule has 0 fully saturated rings. The number of aliphatic hydroxyl groups is 1. The number of rotatable bonds is 3. The largest absolute Gasteiger partial charge is 0.375 e. The van der Waals surface area contributed by atoms with Crippen LogP contribution in [-0.4, -0.2) is 16.8 Å². The number of ketones is 1. The van der Waals surface area contributed by atoms with Gasteiger partial charge in [0.15, 0.2) is 11.4 Å². The van der Waals surface area contributed by atoms with E-state index in [1.165, 1.54) is 18.2 Å². The zero-order valence-corrected chi connectivity index (χ0v) is 11.3. The minimum Gasteiger partial charge on any atom is -0.375 e. The first-order chi connectivity index (χ1) is 10.4. The smallest absolute Gasteiger partial charge is 0.261 e. The highest BCUT2D eigenvalue weighted by Crippen LogP contribution is 2.39. The molecule has 2 aromatic rings. The number of fused-ring (bicyclic) bond motifs is 1. The molecule has 0 saturated carbocycles. The van der Waals surface area contributed by atoms with Crippen molar-refractivity contribution >= 4 is 17.4 Å². The average Bonchev–Trinajstić information content (AvgIpc) is 2.71. The molecule has 4 nitrogen and oxygen atoms in total. The van der Waals surface area contributed by atoms with E-state index in [0.29, 0.717) is 0 Å². The van der Waals surface area contributed by atoms with Gasteiger partial charge in [-0.1, -0.05) is 0 Å². The van der Waals surface area contributed by atoms with Gasteiger partial charge in [-0.3, -0.25) is 9.59 Å². The number of anilines is 1. The molecule has 0 aromatic heterocycles. The number of Topliss-reactive ketones (excluding diaryl/α,β-unsaturated/α-hetero) is 1. The molecule has 1 atom stereocenters. The Bertz CT molecular complexity index is 773. The van der Waals surface area contributed by atoms with Gasteiger partial charge < -0.3 is 10.4 Å². The molecule has 1 aliphatic heterocycles. The van der Waals surface area contributed by atoms with Crippen LogP contribution in [0.4, 0.5) is 14.5 Å². The van der Waals surface area contributed by atoms with Crippen LogP contribution in [0.5, 0.6) is 0 Å². The molecule has 6 heteroatoms. The lowest BCUT2D eigenvalue weighted by Crippen LogP contribution is -2.36. The molecule has 3 rings (SSSR count). The van der Waals surface area contributed by atoms with Crippen molar-refractivity contribution in [2.24, 2.45) is 0 Å². The van der Waals surface area contributed by atoms with Gasteiger partial charge in [-0.05, 0) is 42.5 Å². The summed E-state index contributed by atoms with van der Waals surface area (Å²) in [6.07, 6.45) is -0.555. The van der Waals surface area contributed by atoms with Crippen molar-refractivity contribution < 1.29 is 23.5 Å². The Kier molecular flexibility index (Phi) is 3.26. The van der Waals surface area contributed by atoms with E-state index in [9.17, 15) is 23.5 Å². The van der Waals surface area contributed by atoms with E-state index < -0.39 is 35.3 Å². The van der Waals surface area contributed by atoms with Gasteiger partial charge in [0.1, 0.15) is 11.6 Å². The number of hydrogen-bond acceptors (Lipinski definition) is 3. The summed E-state index contributed by atoms with van der Waals surface area (Å²) in [6.45, 7) is 0. The lowest BCUT2D eigenvalue weighted by atomic mass is 9.88. The Hall–Kier alpha value is -2.60. The molecule has 1 heterocycles. The molecule has 1 aliphatic rings. The predicted octanol–water partition coefficient (Wildman–Crippen LogP) is 2.38. The first kappa shape index (κ1) is 14.3. The Labute approximate surface area is 124 Å². The van der Waals surface area contributed by atoms with Gasteiger partial charge in [0.2, 0.25) is 0 Å². The van der Waals surface area contributed by atoms with Crippen LogP contribution in [0.2, 0.25) is 0 Å². The summed E-state index contributed by atoms with van der Waals surface area (Å²) in [5.74, 6) is -2.46. The molecule has 112 valence electrons. The van der Waals surface area contributed by atoms with Crippen molar-refractivity contribution in [3.05, 3.63) is 65.2 Å². The monoisotopic (exact) mass is 303 g/mol. The second-order valence-corrected chi connectivity index (χ2v) is 5.11. The normalized spacial score (nSPS) is 19.7. The van der Waals surface area contributed by atoms with Crippen LogP contribution in [0.25, 0.3) is 0 Å². The van der Waals surface area contributed by atoms with Gasteiger partial charge in [0.05, 0.1) is 6.42 Å². The molecule has 0 saturated heterocycles. The third-order valence-electron chi connectivity index (χ3n) is 3.63. The Balaban J connectivity index is 1.94. The highest BCUT2D eigenvalue weighted by molar-refractivity contribution is 6.09. The van der Waals surface area contributed by atoms with Gasteiger partial charge in [-0.2, -0.15) is 0 Å². The van der Waals surface area contributed by atoms with Crippen molar-refractivity contribution in [1.29, 1.82) is 0 Å². The first-order valence-corrected chi connectivity index (χ1v) is 6.53. The molecule has 0 bridgehead atoms. The van der Waals surface area contributed by atoms with Crippen molar-refractivity contribution in [3.8, 4) is 0 Å². The van der Waals surface area contributed by atoms with Crippen LogP contribution < -0.4 is 5.32 Å². The van der Waals surface area contributed by atoms with Gasteiger partial charge in [-0.15, -0.1) is 0 Å². The fourth-order valence-corrected chi connectivity index (χ4v) is 2.46. The summed E-state index contributed by atoms with van der Waals surface area (Å²) < 4.78 is 26.2. The molecule has 2 N–H and O–H groups in total.